The van der Waals surface area contributed by atoms with Crippen LogP contribution in [0, 0.1) is 11.7 Å². The van der Waals surface area contributed by atoms with Crippen molar-refractivity contribution in [2.24, 2.45) is 5.92 Å². The zero-order valence-corrected chi connectivity index (χ0v) is 17.3. The Bertz CT molecular complexity index is 982. The standard InChI is InChI=1S/C24H23FN2O2S/c25-20-10-8-19(9-11-20)24(29)27-14-12-18(13-15-27)23(28)26-22(21-7-4-16-30-21)17-5-2-1-3-6-17/h1-11,16,18,22H,12-15H2,(H,26,28). The van der Waals surface area contributed by atoms with Crippen molar-refractivity contribution in [2.75, 3.05) is 13.1 Å². The summed E-state index contributed by atoms with van der Waals surface area (Å²) in [4.78, 5) is 28.5. The second-order valence-corrected chi connectivity index (χ2v) is 8.42. The molecule has 0 spiro atoms. The van der Waals surface area contributed by atoms with Gasteiger partial charge in [0.1, 0.15) is 5.82 Å². The number of benzene rings is 2. The lowest BCUT2D eigenvalue weighted by Crippen LogP contribution is -2.43. The Morgan fingerprint density at radius 2 is 1.67 bits per heavy atom. The maximum absolute atomic E-state index is 13.1. The molecule has 4 nitrogen and oxygen atoms in total. The van der Waals surface area contributed by atoms with Crippen molar-refractivity contribution in [3.63, 3.8) is 0 Å². The van der Waals surface area contributed by atoms with Crippen LogP contribution in [0.3, 0.4) is 0 Å². The Morgan fingerprint density at radius 1 is 0.967 bits per heavy atom. The number of amides is 2. The molecule has 0 bridgehead atoms. The fourth-order valence-electron chi connectivity index (χ4n) is 3.80. The Labute approximate surface area is 179 Å². The molecule has 1 aliphatic rings. The molecular formula is C24H23FN2O2S. The van der Waals surface area contributed by atoms with Crippen molar-refractivity contribution in [1.82, 2.24) is 10.2 Å². The molecule has 0 radical (unpaired) electrons. The highest BCUT2D eigenvalue weighted by Gasteiger charge is 2.29. The number of rotatable bonds is 5. The van der Waals surface area contributed by atoms with E-state index in [1.165, 1.54) is 24.3 Å². The molecule has 1 unspecified atom stereocenters. The van der Waals surface area contributed by atoms with Gasteiger partial charge in [0.15, 0.2) is 0 Å². The van der Waals surface area contributed by atoms with Crippen molar-refractivity contribution in [2.45, 2.75) is 18.9 Å². The van der Waals surface area contributed by atoms with E-state index in [0.717, 1.165) is 10.4 Å². The molecular weight excluding hydrogens is 399 g/mol. The normalized spacial score (nSPS) is 15.6. The van der Waals surface area contributed by atoms with Crippen LogP contribution in [0.5, 0.6) is 0 Å². The summed E-state index contributed by atoms with van der Waals surface area (Å²) in [7, 11) is 0. The van der Waals surface area contributed by atoms with Crippen molar-refractivity contribution in [1.29, 1.82) is 0 Å². The van der Waals surface area contributed by atoms with E-state index in [0.29, 0.717) is 31.5 Å². The lowest BCUT2D eigenvalue weighted by Gasteiger charge is -2.32. The van der Waals surface area contributed by atoms with Gasteiger partial charge in [0.25, 0.3) is 5.91 Å². The summed E-state index contributed by atoms with van der Waals surface area (Å²) in [6, 6.07) is 19.4. The predicted molar refractivity (Wildman–Crippen MR) is 116 cm³/mol. The molecule has 2 amide bonds. The van der Waals surface area contributed by atoms with Gasteiger partial charge in [-0.1, -0.05) is 36.4 Å². The number of likely N-dealkylation sites (tertiary alicyclic amines) is 1. The minimum Gasteiger partial charge on any atom is -0.344 e. The fourth-order valence-corrected chi connectivity index (χ4v) is 4.60. The molecule has 4 rings (SSSR count). The molecule has 154 valence electrons. The van der Waals surface area contributed by atoms with Gasteiger partial charge in [-0.15, -0.1) is 11.3 Å². The lowest BCUT2D eigenvalue weighted by molar-refractivity contribution is -0.126. The molecule has 0 aliphatic carbocycles. The van der Waals surface area contributed by atoms with Gasteiger partial charge >= 0.3 is 0 Å². The molecule has 1 aliphatic heterocycles. The monoisotopic (exact) mass is 422 g/mol. The maximum Gasteiger partial charge on any atom is 0.253 e. The van der Waals surface area contributed by atoms with Crippen LogP contribution >= 0.6 is 11.3 Å². The third-order valence-electron chi connectivity index (χ3n) is 5.49. The molecule has 1 fully saturated rings. The van der Waals surface area contributed by atoms with Crippen molar-refractivity contribution in [3.05, 3.63) is 93.9 Å². The number of halogens is 1. The van der Waals surface area contributed by atoms with Crippen molar-refractivity contribution >= 4 is 23.2 Å². The Balaban J connectivity index is 1.39. The number of nitrogens with one attached hydrogen (secondary N) is 1. The number of hydrogen-bond acceptors (Lipinski definition) is 3. The van der Waals surface area contributed by atoms with E-state index >= 15 is 0 Å². The second kappa shape index (κ2) is 9.22. The van der Waals surface area contributed by atoms with Gasteiger partial charge in [-0.3, -0.25) is 9.59 Å². The molecule has 30 heavy (non-hydrogen) atoms. The smallest absolute Gasteiger partial charge is 0.253 e. The summed E-state index contributed by atoms with van der Waals surface area (Å²) < 4.78 is 13.1. The number of piperidine rings is 1. The van der Waals surface area contributed by atoms with Gasteiger partial charge < -0.3 is 10.2 Å². The van der Waals surface area contributed by atoms with E-state index in [2.05, 4.69) is 5.32 Å². The molecule has 3 aromatic rings. The summed E-state index contributed by atoms with van der Waals surface area (Å²) in [5.41, 5.74) is 1.53. The number of thiophene rings is 1. The van der Waals surface area contributed by atoms with Crippen molar-refractivity contribution in [3.8, 4) is 0 Å². The minimum absolute atomic E-state index is 0.0196. The van der Waals surface area contributed by atoms with Gasteiger partial charge in [0.05, 0.1) is 6.04 Å². The summed E-state index contributed by atoms with van der Waals surface area (Å²) in [6.45, 7) is 1.03. The average Bonchev–Trinajstić information content (AvgIpc) is 3.33. The van der Waals surface area contributed by atoms with E-state index in [1.807, 2.05) is 47.8 Å². The number of carbonyl (C=O) groups is 2. The molecule has 1 N–H and O–H groups in total. The zero-order valence-electron chi connectivity index (χ0n) is 16.5. The number of hydrogen-bond donors (Lipinski definition) is 1. The van der Waals surface area contributed by atoms with Gasteiger partial charge in [-0.25, -0.2) is 4.39 Å². The van der Waals surface area contributed by atoms with Crippen LogP contribution in [0.25, 0.3) is 0 Å². The first-order valence-electron chi connectivity index (χ1n) is 10.1. The van der Waals surface area contributed by atoms with Crippen LogP contribution in [0.4, 0.5) is 4.39 Å². The van der Waals surface area contributed by atoms with E-state index in [-0.39, 0.29) is 29.6 Å². The largest absolute Gasteiger partial charge is 0.344 e. The Kier molecular flexibility index (Phi) is 6.23. The Morgan fingerprint density at radius 3 is 2.30 bits per heavy atom. The zero-order chi connectivity index (χ0) is 20.9. The highest BCUT2D eigenvalue weighted by Crippen LogP contribution is 2.28. The minimum atomic E-state index is -0.361. The van der Waals surface area contributed by atoms with Crippen LogP contribution in [-0.2, 0) is 4.79 Å². The van der Waals surface area contributed by atoms with Gasteiger partial charge in [0.2, 0.25) is 5.91 Å². The molecule has 0 saturated carbocycles. The highest BCUT2D eigenvalue weighted by atomic mass is 32.1. The molecule has 1 aromatic heterocycles. The maximum atomic E-state index is 13.1. The predicted octanol–water partition coefficient (Wildman–Crippen LogP) is 4.65. The number of carbonyl (C=O) groups excluding carboxylic acids is 2. The molecule has 2 aromatic carbocycles. The summed E-state index contributed by atoms with van der Waals surface area (Å²) >= 11 is 1.62. The summed E-state index contributed by atoms with van der Waals surface area (Å²) in [5.74, 6) is -0.588. The van der Waals surface area contributed by atoms with Crippen molar-refractivity contribution < 1.29 is 14.0 Å². The van der Waals surface area contributed by atoms with Gasteiger partial charge in [-0.05, 0) is 54.1 Å². The Hall–Kier alpha value is -2.99. The molecule has 6 heteroatoms. The van der Waals surface area contributed by atoms with E-state index in [1.54, 1.807) is 16.2 Å². The lowest BCUT2D eigenvalue weighted by atomic mass is 9.94. The average molecular weight is 423 g/mol. The molecule has 1 saturated heterocycles. The van der Waals surface area contributed by atoms with E-state index < -0.39 is 0 Å². The fraction of sp³-hybridized carbons (Fsp3) is 0.250. The van der Waals surface area contributed by atoms with Crippen LogP contribution in [0.15, 0.2) is 72.1 Å². The van der Waals surface area contributed by atoms with E-state index in [9.17, 15) is 14.0 Å². The van der Waals surface area contributed by atoms with Gasteiger partial charge in [-0.2, -0.15) is 0 Å². The van der Waals surface area contributed by atoms with E-state index in [4.69, 9.17) is 0 Å². The third-order valence-corrected chi connectivity index (χ3v) is 6.43. The quantitative estimate of drug-likeness (QED) is 0.651. The first-order chi connectivity index (χ1) is 14.6. The molecule has 1 atom stereocenters. The highest BCUT2D eigenvalue weighted by molar-refractivity contribution is 7.10. The van der Waals surface area contributed by atoms with Crippen LogP contribution in [0.1, 0.15) is 39.7 Å². The van der Waals surface area contributed by atoms with Crippen LogP contribution < -0.4 is 5.32 Å². The first-order valence-corrected chi connectivity index (χ1v) is 10.9. The van der Waals surface area contributed by atoms with Gasteiger partial charge in [0, 0.05) is 29.4 Å². The second-order valence-electron chi connectivity index (χ2n) is 7.44. The SMILES string of the molecule is O=C(NC(c1ccccc1)c1cccs1)C1CCN(C(=O)c2ccc(F)cc2)CC1. The summed E-state index contributed by atoms with van der Waals surface area (Å²) in [5, 5.41) is 5.22. The third kappa shape index (κ3) is 4.60. The van der Waals surface area contributed by atoms with Crippen LogP contribution in [-0.4, -0.2) is 29.8 Å². The topological polar surface area (TPSA) is 49.4 Å². The summed E-state index contributed by atoms with van der Waals surface area (Å²) in [6.07, 6.45) is 1.23. The molecule has 2 heterocycles. The number of nitrogens with zero attached hydrogens (tertiary/aromatic N) is 1. The van der Waals surface area contributed by atoms with Crippen LogP contribution in [0.2, 0.25) is 0 Å². The first kappa shape index (κ1) is 20.3.